The molecule has 0 radical (unpaired) electrons. The van der Waals surface area contributed by atoms with Gasteiger partial charge in [-0.2, -0.15) is 4.98 Å². The molecule has 0 aliphatic heterocycles. The summed E-state index contributed by atoms with van der Waals surface area (Å²) in [5.74, 6) is -1.25. The lowest BCUT2D eigenvalue weighted by Crippen LogP contribution is -2.03. The Morgan fingerprint density at radius 1 is 1.53 bits per heavy atom. The molecule has 2 aromatic heterocycles. The van der Waals surface area contributed by atoms with Crippen LogP contribution in [0.3, 0.4) is 0 Å². The first-order valence-electron chi connectivity index (χ1n) is 4.15. The lowest BCUT2D eigenvalue weighted by Gasteiger charge is -1.99. The Bertz CT molecular complexity index is 535. The van der Waals surface area contributed by atoms with E-state index in [0.29, 0.717) is 5.65 Å². The molecule has 0 fully saturated rings. The second-order valence-corrected chi connectivity index (χ2v) is 3.94. The van der Waals surface area contributed by atoms with E-state index in [4.69, 9.17) is 5.11 Å². The number of fused-ring (bicyclic) bond motifs is 1. The normalized spacial score (nSPS) is 10.7. The number of carboxylic acid groups (broad SMARTS) is 1. The fraction of sp³-hybridized carbons (Fsp3) is 0.111. The van der Waals surface area contributed by atoms with Gasteiger partial charge in [0.1, 0.15) is 5.65 Å². The predicted molar refractivity (Wildman–Crippen MR) is 55.9 cm³/mol. The van der Waals surface area contributed by atoms with Crippen molar-refractivity contribution in [2.24, 2.45) is 0 Å². The molecule has 0 bridgehead atoms. The van der Waals surface area contributed by atoms with Crippen LogP contribution in [0, 0.1) is 0 Å². The molecule has 0 saturated heterocycles. The zero-order valence-corrected chi connectivity index (χ0v) is 9.10. The summed E-state index contributed by atoms with van der Waals surface area (Å²) in [5.41, 5.74) is 0.797. The number of nitrogens with zero attached hydrogens (tertiary/aromatic N) is 2. The Balaban J connectivity index is 2.65. The molecular weight excluding hydrogens is 264 g/mol. The van der Waals surface area contributed by atoms with Gasteiger partial charge >= 0.3 is 5.97 Å². The minimum Gasteiger partial charge on any atom is -0.492 e. The van der Waals surface area contributed by atoms with Gasteiger partial charge in [0.05, 0.1) is 12.1 Å². The van der Waals surface area contributed by atoms with Crippen molar-refractivity contribution in [2.45, 2.75) is 6.42 Å². The molecule has 0 aliphatic rings. The number of carboxylic acids is 1. The number of imidazole rings is 1. The average molecular weight is 271 g/mol. The molecule has 15 heavy (non-hydrogen) atoms. The highest BCUT2D eigenvalue weighted by molar-refractivity contribution is 9.10. The summed E-state index contributed by atoms with van der Waals surface area (Å²) in [6.07, 6.45) is 1.41. The quantitative estimate of drug-likeness (QED) is 0.866. The van der Waals surface area contributed by atoms with Gasteiger partial charge in [-0.05, 0) is 28.1 Å². The molecule has 5 nitrogen and oxygen atoms in total. The first-order chi connectivity index (χ1) is 7.08. The van der Waals surface area contributed by atoms with Crippen LogP contribution in [-0.2, 0) is 11.2 Å². The number of hydrogen-bond acceptors (Lipinski definition) is 3. The molecule has 2 rings (SSSR count). The van der Waals surface area contributed by atoms with Crippen LogP contribution in [0.1, 0.15) is 5.69 Å². The third kappa shape index (κ3) is 1.80. The van der Waals surface area contributed by atoms with Gasteiger partial charge in [-0.3, -0.25) is 9.20 Å². The number of halogens is 1. The minimum atomic E-state index is -1.01. The molecule has 0 atom stereocenters. The highest BCUT2D eigenvalue weighted by Crippen LogP contribution is 2.21. The summed E-state index contributed by atoms with van der Waals surface area (Å²) in [6, 6.07) is 3.46. The van der Waals surface area contributed by atoms with Gasteiger partial charge in [-0.1, -0.05) is 0 Å². The monoisotopic (exact) mass is 270 g/mol. The summed E-state index contributed by atoms with van der Waals surface area (Å²) in [4.78, 5) is 14.4. The minimum absolute atomic E-state index is 0.240. The molecule has 6 heteroatoms. The van der Waals surface area contributed by atoms with Crippen molar-refractivity contribution in [3.05, 3.63) is 28.5 Å². The number of pyridine rings is 1. The number of rotatable bonds is 2. The summed E-state index contributed by atoms with van der Waals surface area (Å²) >= 11 is 3.26. The first-order valence-corrected chi connectivity index (χ1v) is 4.94. The van der Waals surface area contributed by atoms with Gasteiger partial charge in [-0.25, -0.2) is 0 Å². The molecule has 2 aromatic rings. The van der Waals surface area contributed by atoms with E-state index in [-0.39, 0.29) is 18.0 Å². The third-order valence-corrected chi connectivity index (χ3v) is 2.45. The fourth-order valence-corrected chi connectivity index (χ4v) is 1.70. The van der Waals surface area contributed by atoms with Gasteiger partial charge in [0, 0.05) is 10.7 Å². The van der Waals surface area contributed by atoms with E-state index >= 15 is 0 Å². The van der Waals surface area contributed by atoms with E-state index in [1.54, 1.807) is 22.7 Å². The van der Waals surface area contributed by atoms with Crippen LogP contribution in [0.15, 0.2) is 22.8 Å². The summed E-state index contributed by atoms with van der Waals surface area (Å²) < 4.78 is 2.34. The van der Waals surface area contributed by atoms with Crippen LogP contribution in [0.2, 0.25) is 0 Å². The molecule has 0 unspecified atom stereocenters. The van der Waals surface area contributed by atoms with E-state index in [2.05, 4.69) is 20.9 Å². The van der Waals surface area contributed by atoms with E-state index in [1.807, 2.05) is 0 Å². The molecule has 0 saturated carbocycles. The smallest absolute Gasteiger partial charge is 0.309 e. The maximum absolute atomic E-state index is 10.6. The van der Waals surface area contributed by atoms with Gasteiger partial charge < -0.3 is 10.2 Å². The van der Waals surface area contributed by atoms with Crippen molar-refractivity contribution >= 4 is 27.5 Å². The average Bonchev–Trinajstić information content (AvgIpc) is 2.43. The largest absolute Gasteiger partial charge is 0.492 e. The summed E-state index contributed by atoms with van der Waals surface area (Å²) in [5, 5.41) is 18.1. The maximum atomic E-state index is 10.6. The van der Waals surface area contributed by atoms with Crippen molar-refractivity contribution < 1.29 is 15.0 Å². The molecule has 78 valence electrons. The Morgan fingerprint density at radius 3 is 2.93 bits per heavy atom. The van der Waals surface area contributed by atoms with Gasteiger partial charge in [-0.15, -0.1) is 0 Å². The molecule has 2 heterocycles. The Kier molecular flexibility index (Phi) is 2.36. The molecule has 0 amide bonds. The van der Waals surface area contributed by atoms with Crippen molar-refractivity contribution in [1.82, 2.24) is 9.38 Å². The van der Waals surface area contributed by atoms with E-state index in [9.17, 15) is 9.90 Å². The molecule has 0 spiro atoms. The second kappa shape index (κ2) is 3.54. The van der Waals surface area contributed by atoms with Crippen LogP contribution in [0.25, 0.3) is 5.65 Å². The predicted octanol–water partition coefficient (Wildman–Crippen LogP) is 1.43. The number of aliphatic carboxylic acids is 1. The highest BCUT2D eigenvalue weighted by Gasteiger charge is 2.14. The topological polar surface area (TPSA) is 74.8 Å². The Hall–Kier alpha value is -1.56. The zero-order valence-electron chi connectivity index (χ0n) is 7.51. The van der Waals surface area contributed by atoms with Gasteiger partial charge in [0.2, 0.25) is 5.88 Å². The lowest BCUT2D eigenvalue weighted by molar-refractivity contribution is -0.136. The third-order valence-electron chi connectivity index (χ3n) is 1.98. The SMILES string of the molecule is O=C(O)Cc1c(O)nc2ccc(Br)cn12. The molecular formula is C9H7BrN2O3. The van der Waals surface area contributed by atoms with Crippen molar-refractivity contribution in [3.8, 4) is 5.88 Å². The molecule has 0 aromatic carbocycles. The first kappa shape index (κ1) is 9.97. The number of aromatic hydroxyl groups is 1. The number of aromatic nitrogens is 2. The van der Waals surface area contributed by atoms with Crippen LogP contribution in [-0.4, -0.2) is 25.6 Å². The number of carbonyl (C=O) groups is 1. The van der Waals surface area contributed by atoms with E-state index in [1.165, 1.54) is 0 Å². The second-order valence-electron chi connectivity index (χ2n) is 3.03. The zero-order chi connectivity index (χ0) is 11.0. The van der Waals surface area contributed by atoms with Crippen LogP contribution in [0.5, 0.6) is 5.88 Å². The van der Waals surface area contributed by atoms with Crippen molar-refractivity contribution in [2.75, 3.05) is 0 Å². The van der Waals surface area contributed by atoms with Crippen LogP contribution >= 0.6 is 15.9 Å². The van der Waals surface area contributed by atoms with Crippen molar-refractivity contribution in [3.63, 3.8) is 0 Å². The lowest BCUT2D eigenvalue weighted by atomic mass is 10.3. The van der Waals surface area contributed by atoms with Crippen LogP contribution < -0.4 is 0 Å². The maximum Gasteiger partial charge on any atom is 0.309 e. The van der Waals surface area contributed by atoms with Crippen molar-refractivity contribution in [1.29, 1.82) is 0 Å². The fourth-order valence-electron chi connectivity index (χ4n) is 1.36. The van der Waals surface area contributed by atoms with E-state index < -0.39 is 5.97 Å². The van der Waals surface area contributed by atoms with E-state index in [0.717, 1.165) is 4.47 Å². The highest BCUT2D eigenvalue weighted by atomic mass is 79.9. The van der Waals surface area contributed by atoms with Crippen LogP contribution in [0.4, 0.5) is 0 Å². The molecule has 0 aliphatic carbocycles. The Labute approximate surface area is 93.1 Å². The Morgan fingerprint density at radius 2 is 2.27 bits per heavy atom. The van der Waals surface area contributed by atoms with Gasteiger partial charge in [0.25, 0.3) is 0 Å². The molecule has 2 N–H and O–H groups in total. The number of hydrogen-bond donors (Lipinski definition) is 2. The summed E-state index contributed by atoms with van der Waals surface area (Å²) in [7, 11) is 0. The summed E-state index contributed by atoms with van der Waals surface area (Å²) in [6.45, 7) is 0. The standard InChI is InChI=1S/C9H7BrN2O3/c10-5-1-2-7-11-9(15)6(3-8(13)14)12(7)4-5/h1-2,4,15H,3H2,(H,13,14). The van der Waals surface area contributed by atoms with Gasteiger partial charge in [0.15, 0.2) is 0 Å².